The van der Waals surface area contributed by atoms with Crippen LogP contribution in [0.15, 0.2) is 24.5 Å². The molecule has 0 saturated carbocycles. The fourth-order valence-corrected chi connectivity index (χ4v) is 2.12. The highest BCUT2D eigenvalue weighted by molar-refractivity contribution is 6.03. The molecule has 0 atom stereocenters. The lowest BCUT2D eigenvalue weighted by Gasteiger charge is -2.20. The van der Waals surface area contributed by atoms with Crippen molar-refractivity contribution in [2.75, 3.05) is 36.7 Å². The molecule has 0 bridgehead atoms. The number of hydrogen-bond acceptors (Lipinski definition) is 7. The van der Waals surface area contributed by atoms with Crippen LogP contribution in [0.4, 0.5) is 23.0 Å². The monoisotopic (exact) mass is 301 g/mol. The van der Waals surface area contributed by atoms with Crippen molar-refractivity contribution in [3.8, 4) is 11.5 Å². The molecule has 2 heterocycles. The maximum absolute atomic E-state index is 11.6. The van der Waals surface area contributed by atoms with E-state index in [9.17, 15) is 4.79 Å². The normalized spacial score (nSPS) is 12.7. The Bertz CT molecular complexity index is 720. The summed E-state index contributed by atoms with van der Waals surface area (Å²) < 4.78 is 10.5. The molecule has 3 N–H and O–H groups in total. The Balaban J connectivity index is 1.98. The smallest absolute Gasteiger partial charge is 0.243 e. The first-order valence-electron chi connectivity index (χ1n) is 6.59. The summed E-state index contributed by atoms with van der Waals surface area (Å²) in [5, 5.41) is 8.82. The molecule has 1 aliphatic heterocycles. The van der Waals surface area contributed by atoms with Crippen LogP contribution in [0.1, 0.15) is 0 Å². The van der Waals surface area contributed by atoms with Crippen LogP contribution in [0.2, 0.25) is 0 Å². The number of anilines is 4. The summed E-state index contributed by atoms with van der Waals surface area (Å²) in [4.78, 5) is 19.8. The van der Waals surface area contributed by atoms with E-state index in [1.807, 2.05) is 0 Å². The SMILES string of the molecule is COc1ccc(OC)c(Nc2ncnc3c2NC(=O)CN3)c1. The summed E-state index contributed by atoms with van der Waals surface area (Å²) in [7, 11) is 3.16. The summed E-state index contributed by atoms with van der Waals surface area (Å²) >= 11 is 0. The largest absolute Gasteiger partial charge is 0.497 e. The quantitative estimate of drug-likeness (QED) is 0.789. The van der Waals surface area contributed by atoms with Gasteiger partial charge in [-0.1, -0.05) is 0 Å². The molecule has 1 aromatic heterocycles. The van der Waals surface area contributed by atoms with E-state index >= 15 is 0 Å². The fourth-order valence-electron chi connectivity index (χ4n) is 2.12. The molecule has 1 amide bonds. The van der Waals surface area contributed by atoms with Crippen LogP contribution < -0.4 is 25.4 Å². The second-order valence-corrected chi connectivity index (χ2v) is 4.54. The van der Waals surface area contributed by atoms with Gasteiger partial charge in [0.15, 0.2) is 11.6 Å². The van der Waals surface area contributed by atoms with Crippen molar-refractivity contribution in [1.82, 2.24) is 9.97 Å². The van der Waals surface area contributed by atoms with Crippen LogP contribution in [-0.4, -0.2) is 36.6 Å². The Hall–Kier alpha value is -3.03. The maximum atomic E-state index is 11.6. The topological polar surface area (TPSA) is 97.4 Å². The number of ether oxygens (including phenoxy) is 2. The van der Waals surface area contributed by atoms with Gasteiger partial charge >= 0.3 is 0 Å². The average Bonchev–Trinajstić information content (AvgIpc) is 2.55. The minimum absolute atomic E-state index is 0.150. The van der Waals surface area contributed by atoms with Gasteiger partial charge in [-0.3, -0.25) is 4.79 Å². The van der Waals surface area contributed by atoms with E-state index in [4.69, 9.17) is 9.47 Å². The van der Waals surface area contributed by atoms with Crippen LogP contribution in [0, 0.1) is 0 Å². The molecule has 0 saturated heterocycles. The second kappa shape index (κ2) is 5.76. The van der Waals surface area contributed by atoms with Crippen molar-refractivity contribution >= 4 is 28.9 Å². The van der Waals surface area contributed by atoms with Crippen molar-refractivity contribution in [3.63, 3.8) is 0 Å². The molecule has 22 heavy (non-hydrogen) atoms. The Morgan fingerprint density at radius 1 is 1.23 bits per heavy atom. The highest BCUT2D eigenvalue weighted by atomic mass is 16.5. The van der Waals surface area contributed by atoms with Crippen molar-refractivity contribution in [1.29, 1.82) is 0 Å². The van der Waals surface area contributed by atoms with Crippen molar-refractivity contribution in [3.05, 3.63) is 24.5 Å². The molecule has 0 aliphatic carbocycles. The molecule has 1 aliphatic rings. The van der Waals surface area contributed by atoms with Crippen LogP contribution in [-0.2, 0) is 4.79 Å². The van der Waals surface area contributed by atoms with Crippen molar-refractivity contribution in [2.24, 2.45) is 0 Å². The van der Waals surface area contributed by atoms with E-state index in [0.717, 1.165) is 0 Å². The summed E-state index contributed by atoms with van der Waals surface area (Å²) in [5.41, 5.74) is 1.17. The standard InChI is InChI=1S/C14H15N5O3/c1-21-8-3-4-10(22-2)9(5-8)18-14-12-13(16-7-17-14)15-6-11(20)19-12/h3-5,7H,6H2,1-2H3,(H,19,20)(H2,15,16,17,18). The van der Waals surface area contributed by atoms with Crippen molar-refractivity contribution < 1.29 is 14.3 Å². The van der Waals surface area contributed by atoms with Crippen LogP contribution in [0.3, 0.4) is 0 Å². The molecule has 0 fully saturated rings. The first-order chi connectivity index (χ1) is 10.7. The van der Waals surface area contributed by atoms with Gasteiger partial charge in [0.1, 0.15) is 23.5 Å². The molecule has 8 nitrogen and oxygen atoms in total. The highest BCUT2D eigenvalue weighted by Crippen LogP contribution is 2.35. The van der Waals surface area contributed by atoms with E-state index in [0.29, 0.717) is 34.5 Å². The van der Waals surface area contributed by atoms with E-state index in [1.54, 1.807) is 32.4 Å². The lowest BCUT2D eigenvalue weighted by Crippen LogP contribution is -2.28. The number of methoxy groups -OCH3 is 2. The third kappa shape index (κ3) is 2.58. The van der Waals surface area contributed by atoms with Gasteiger partial charge in [0.2, 0.25) is 5.91 Å². The van der Waals surface area contributed by atoms with Crippen LogP contribution in [0.5, 0.6) is 11.5 Å². The lowest BCUT2D eigenvalue weighted by molar-refractivity contribution is -0.114. The predicted octanol–water partition coefficient (Wildman–Crippen LogP) is 1.60. The molecule has 1 aromatic carbocycles. The number of carbonyl (C=O) groups excluding carboxylic acids is 1. The number of rotatable bonds is 4. The number of carbonyl (C=O) groups is 1. The van der Waals surface area contributed by atoms with E-state index < -0.39 is 0 Å². The van der Waals surface area contributed by atoms with Gasteiger partial charge in [-0.2, -0.15) is 0 Å². The molecule has 0 radical (unpaired) electrons. The van der Waals surface area contributed by atoms with Gasteiger partial charge in [-0.15, -0.1) is 0 Å². The van der Waals surface area contributed by atoms with Gasteiger partial charge in [0.05, 0.1) is 26.5 Å². The zero-order chi connectivity index (χ0) is 15.5. The Morgan fingerprint density at radius 2 is 2.09 bits per heavy atom. The zero-order valence-corrected chi connectivity index (χ0v) is 12.1. The Morgan fingerprint density at radius 3 is 2.86 bits per heavy atom. The van der Waals surface area contributed by atoms with E-state index in [1.165, 1.54) is 6.33 Å². The molecule has 0 unspecified atom stereocenters. The van der Waals surface area contributed by atoms with E-state index in [-0.39, 0.29) is 12.5 Å². The number of nitrogens with zero attached hydrogens (tertiary/aromatic N) is 2. The van der Waals surface area contributed by atoms with Gasteiger partial charge < -0.3 is 25.4 Å². The Labute approximate surface area is 126 Å². The fraction of sp³-hybridized carbons (Fsp3) is 0.214. The van der Waals surface area contributed by atoms with Gasteiger partial charge in [-0.05, 0) is 12.1 Å². The lowest BCUT2D eigenvalue weighted by atomic mass is 10.2. The summed E-state index contributed by atoms with van der Waals surface area (Å²) in [6, 6.07) is 5.36. The van der Waals surface area contributed by atoms with Crippen molar-refractivity contribution in [2.45, 2.75) is 0 Å². The van der Waals surface area contributed by atoms with Gasteiger partial charge in [0, 0.05) is 6.07 Å². The predicted molar refractivity (Wildman–Crippen MR) is 82.0 cm³/mol. The molecular weight excluding hydrogens is 286 g/mol. The molecule has 3 rings (SSSR count). The second-order valence-electron chi connectivity index (χ2n) is 4.54. The molecule has 2 aromatic rings. The maximum Gasteiger partial charge on any atom is 0.243 e. The average molecular weight is 301 g/mol. The third-order valence-corrected chi connectivity index (χ3v) is 3.19. The molecular formula is C14H15N5O3. The number of nitrogens with one attached hydrogen (secondary N) is 3. The van der Waals surface area contributed by atoms with Crippen LogP contribution >= 0.6 is 0 Å². The summed E-state index contributed by atoms with van der Waals surface area (Å²) in [6.45, 7) is 0.186. The van der Waals surface area contributed by atoms with Crippen LogP contribution in [0.25, 0.3) is 0 Å². The first kappa shape index (κ1) is 13.9. The Kier molecular flexibility index (Phi) is 3.65. The number of amides is 1. The molecule has 8 heteroatoms. The number of benzene rings is 1. The van der Waals surface area contributed by atoms with Gasteiger partial charge in [-0.25, -0.2) is 9.97 Å². The number of hydrogen-bond donors (Lipinski definition) is 3. The number of fused-ring (bicyclic) bond motifs is 1. The summed E-state index contributed by atoms with van der Waals surface area (Å²) in [6.07, 6.45) is 1.41. The summed E-state index contributed by atoms with van der Waals surface area (Å²) in [5.74, 6) is 2.19. The minimum Gasteiger partial charge on any atom is -0.497 e. The highest BCUT2D eigenvalue weighted by Gasteiger charge is 2.20. The van der Waals surface area contributed by atoms with E-state index in [2.05, 4.69) is 25.9 Å². The minimum atomic E-state index is -0.150. The molecule has 114 valence electrons. The molecule has 0 spiro atoms. The number of aromatic nitrogens is 2. The third-order valence-electron chi connectivity index (χ3n) is 3.19. The zero-order valence-electron chi connectivity index (χ0n) is 12.1. The first-order valence-corrected chi connectivity index (χ1v) is 6.59. The van der Waals surface area contributed by atoms with Gasteiger partial charge in [0.25, 0.3) is 0 Å².